The molecule has 37 heavy (non-hydrogen) atoms. The second-order valence-corrected chi connectivity index (χ2v) is 11.2. The fraction of sp³-hybridized carbons (Fsp3) is 0.222. The van der Waals surface area contributed by atoms with Crippen molar-refractivity contribution >= 4 is 27.3 Å². The van der Waals surface area contributed by atoms with Crippen molar-refractivity contribution in [2.75, 3.05) is 37.9 Å². The third kappa shape index (κ3) is 4.77. The van der Waals surface area contributed by atoms with E-state index in [-0.39, 0.29) is 28.5 Å². The number of sulfone groups is 1. The molecule has 0 aliphatic carbocycles. The lowest BCUT2D eigenvalue weighted by molar-refractivity contribution is 0.174. The maximum absolute atomic E-state index is 13.6. The summed E-state index contributed by atoms with van der Waals surface area (Å²) in [6.45, 7) is 3.66. The molecule has 4 aromatic rings. The first kappa shape index (κ1) is 23.8. The van der Waals surface area contributed by atoms with Gasteiger partial charge in [0.15, 0.2) is 11.5 Å². The Hall–Kier alpha value is -3.53. The second kappa shape index (κ2) is 9.74. The standard InChI is InChI=1S/C27H24ClN3O5S/c28-21-9-7-20(8-10-21)25-29-26(37(32,33)22-4-2-1-3-5-22)27(36-25)31-14-12-30(13-15-31)17-19-6-11-23-24(16-19)35-18-34-23/h1-11,16H,12-15,17-18H2. The number of hydrogen-bond acceptors (Lipinski definition) is 8. The smallest absolute Gasteiger partial charge is 0.236 e. The van der Waals surface area contributed by atoms with Crippen molar-refractivity contribution in [3.05, 3.63) is 83.4 Å². The third-order valence-electron chi connectivity index (χ3n) is 6.48. The van der Waals surface area contributed by atoms with Gasteiger partial charge in [0, 0.05) is 43.3 Å². The lowest BCUT2D eigenvalue weighted by atomic mass is 10.1. The molecule has 2 aliphatic heterocycles. The highest BCUT2D eigenvalue weighted by molar-refractivity contribution is 7.91. The summed E-state index contributed by atoms with van der Waals surface area (Å²) < 4.78 is 44.2. The number of aromatic nitrogens is 1. The predicted molar refractivity (Wildman–Crippen MR) is 139 cm³/mol. The van der Waals surface area contributed by atoms with Crippen LogP contribution in [0.1, 0.15) is 5.56 Å². The topological polar surface area (TPSA) is 85.1 Å². The van der Waals surface area contributed by atoms with Gasteiger partial charge < -0.3 is 18.8 Å². The molecule has 1 aromatic heterocycles. The fourth-order valence-electron chi connectivity index (χ4n) is 4.51. The van der Waals surface area contributed by atoms with Crippen LogP contribution in [0.15, 0.2) is 87.1 Å². The molecule has 0 saturated carbocycles. The van der Waals surface area contributed by atoms with Gasteiger partial charge in [0.2, 0.25) is 33.4 Å². The molecule has 0 atom stereocenters. The summed E-state index contributed by atoms with van der Waals surface area (Å²) in [4.78, 5) is 8.92. The number of halogens is 1. The Morgan fingerprint density at radius 1 is 0.865 bits per heavy atom. The molecule has 8 nitrogen and oxygen atoms in total. The van der Waals surface area contributed by atoms with Crippen LogP contribution < -0.4 is 14.4 Å². The minimum Gasteiger partial charge on any atom is -0.454 e. The maximum Gasteiger partial charge on any atom is 0.236 e. The minimum atomic E-state index is -3.89. The fourth-order valence-corrected chi connectivity index (χ4v) is 5.98. The van der Waals surface area contributed by atoms with Gasteiger partial charge in [0.1, 0.15) is 0 Å². The van der Waals surface area contributed by atoms with Crippen LogP contribution in [0.2, 0.25) is 5.02 Å². The van der Waals surface area contributed by atoms with Crippen LogP contribution in [0.25, 0.3) is 11.5 Å². The quantitative estimate of drug-likeness (QED) is 0.344. The van der Waals surface area contributed by atoms with Gasteiger partial charge in [-0.25, -0.2) is 8.42 Å². The van der Waals surface area contributed by atoms with Crippen molar-refractivity contribution in [1.29, 1.82) is 0 Å². The average Bonchev–Trinajstić information content (AvgIpc) is 3.58. The largest absolute Gasteiger partial charge is 0.454 e. The number of hydrogen-bond donors (Lipinski definition) is 0. The molecule has 0 unspecified atom stereocenters. The van der Waals surface area contributed by atoms with Crippen molar-refractivity contribution in [2.24, 2.45) is 0 Å². The molecule has 10 heteroatoms. The first-order valence-corrected chi connectivity index (χ1v) is 13.8. The second-order valence-electron chi connectivity index (χ2n) is 8.90. The van der Waals surface area contributed by atoms with Crippen LogP contribution in [0.4, 0.5) is 5.88 Å². The average molecular weight is 538 g/mol. The molecular weight excluding hydrogens is 514 g/mol. The minimum absolute atomic E-state index is 0.0760. The molecule has 6 rings (SSSR count). The molecule has 1 fully saturated rings. The van der Waals surface area contributed by atoms with Crippen molar-refractivity contribution in [2.45, 2.75) is 16.5 Å². The molecule has 0 bridgehead atoms. The SMILES string of the molecule is O=S(=O)(c1ccccc1)c1nc(-c2ccc(Cl)cc2)oc1N1CCN(Cc2ccc3c(c2)OCO3)CC1. The van der Waals surface area contributed by atoms with Crippen LogP contribution in [0.5, 0.6) is 11.5 Å². The molecule has 3 aromatic carbocycles. The van der Waals surface area contributed by atoms with E-state index in [0.717, 1.165) is 36.7 Å². The van der Waals surface area contributed by atoms with Gasteiger partial charge in [-0.05, 0) is 54.1 Å². The number of ether oxygens (including phenoxy) is 2. The molecular formula is C27H24ClN3O5S. The Balaban J connectivity index is 1.26. The van der Waals surface area contributed by atoms with E-state index in [1.54, 1.807) is 54.6 Å². The Morgan fingerprint density at radius 3 is 2.35 bits per heavy atom. The van der Waals surface area contributed by atoms with Crippen LogP contribution in [-0.4, -0.2) is 51.3 Å². The Labute approximate surface area is 219 Å². The first-order valence-electron chi connectivity index (χ1n) is 11.9. The Kier molecular flexibility index (Phi) is 6.27. The molecule has 0 N–H and O–H groups in total. The molecule has 0 radical (unpaired) electrons. The van der Waals surface area contributed by atoms with E-state index < -0.39 is 9.84 Å². The van der Waals surface area contributed by atoms with Gasteiger partial charge >= 0.3 is 0 Å². The molecule has 0 spiro atoms. The van der Waals surface area contributed by atoms with Crippen molar-refractivity contribution in [3.63, 3.8) is 0 Å². The molecule has 2 aliphatic rings. The Bertz CT molecular complexity index is 1520. The number of nitrogens with zero attached hydrogens (tertiary/aromatic N) is 3. The summed E-state index contributed by atoms with van der Waals surface area (Å²) >= 11 is 6.04. The zero-order valence-electron chi connectivity index (χ0n) is 19.8. The maximum atomic E-state index is 13.6. The summed E-state index contributed by atoms with van der Waals surface area (Å²) in [6.07, 6.45) is 0. The molecule has 190 valence electrons. The Morgan fingerprint density at radius 2 is 1.59 bits per heavy atom. The van der Waals surface area contributed by atoms with E-state index in [4.69, 9.17) is 25.5 Å². The number of oxazole rings is 1. The highest BCUT2D eigenvalue weighted by atomic mass is 35.5. The summed E-state index contributed by atoms with van der Waals surface area (Å²) in [5, 5.41) is 0.499. The summed E-state index contributed by atoms with van der Waals surface area (Å²) in [7, 11) is -3.89. The van der Waals surface area contributed by atoms with Crippen LogP contribution >= 0.6 is 11.6 Å². The van der Waals surface area contributed by atoms with Crippen molar-refractivity contribution in [1.82, 2.24) is 9.88 Å². The predicted octanol–water partition coefficient (Wildman–Crippen LogP) is 4.88. The van der Waals surface area contributed by atoms with Gasteiger partial charge in [0.05, 0.1) is 4.90 Å². The summed E-state index contributed by atoms with van der Waals surface area (Å²) in [6, 6.07) is 21.3. The third-order valence-corrected chi connectivity index (χ3v) is 8.40. The van der Waals surface area contributed by atoms with Gasteiger partial charge in [0.25, 0.3) is 0 Å². The van der Waals surface area contributed by atoms with Gasteiger partial charge in [-0.2, -0.15) is 4.98 Å². The zero-order chi connectivity index (χ0) is 25.4. The molecule has 3 heterocycles. The summed E-state index contributed by atoms with van der Waals surface area (Å²) in [5.74, 6) is 2.03. The van der Waals surface area contributed by atoms with Gasteiger partial charge in [-0.1, -0.05) is 35.9 Å². The zero-order valence-corrected chi connectivity index (χ0v) is 21.4. The first-order chi connectivity index (χ1) is 18.0. The summed E-state index contributed by atoms with van der Waals surface area (Å²) in [5.41, 5.74) is 1.79. The number of rotatable bonds is 6. The number of anilines is 1. The lowest BCUT2D eigenvalue weighted by Gasteiger charge is -2.34. The lowest BCUT2D eigenvalue weighted by Crippen LogP contribution is -2.46. The van der Waals surface area contributed by atoms with E-state index >= 15 is 0 Å². The molecule has 0 amide bonds. The van der Waals surface area contributed by atoms with Gasteiger partial charge in [-0.3, -0.25) is 4.90 Å². The van der Waals surface area contributed by atoms with E-state index in [1.807, 2.05) is 23.1 Å². The number of fused-ring (bicyclic) bond motifs is 1. The highest BCUT2D eigenvalue weighted by Gasteiger charge is 2.33. The molecule has 1 saturated heterocycles. The van der Waals surface area contributed by atoms with Crippen LogP contribution in [0, 0.1) is 0 Å². The normalized spacial score (nSPS) is 15.8. The highest BCUT2D eigenvalue weighted by Crippen LogP contribution is 2.36. The monoisotopic (exact) mass is 537 g/mol. The number of piperazine rings is 1. The van der Waals surface area contributed by atoms with E-state index in [9.17, 15) is 8.42 Å². The number of benzene rings is 3. The van der Waals surface area contributed by atoms with E-state index in [1.165, 1.54) is 0 Å². The van der Waals surface area contributed by atoms with Crippen LogP contribution in [0.3, 0.4) is 0 Å². The van der Waals surface area contributed by atoms with Gasteiger partial charge in [-0.15, -0.1) is 0 Å². The van der Waals surface area contributed by atoms with Crippen molar-refractivity contribution < 1.29 is 22.3 Å². The van der Waals surface area contributed by atoms with E-state index in [2.05, 4.69) is 9.88 Å². The van der Waals surface area contributed by atoms with Crippen molar-refractivity contribution in [3.8, 4) is 23.0 Å². The van der Waals surface area contributed by atoms with Crippen LogP contribution in [-0.2, 0) is 16.4 Å². The van der Waals surface area contributed by atoms with E-state index in [0.29, 0.717) is 23.7 Å².